The Bertz CT molecular complexity index is 927. The second-order valence-corrected chi connectivity index (χ2v) is 7.05. The van der Waals surface area contributed by atoms with Gasteiger partial charge in [0.1, 0.15) is 0 Å². The molecule has 0 spiro atoms. The molecule has 0 aliphatic carbocycles. The summed E-state index contributed by atoms with van der Waals surface area (Å²) in [6.07, 6.45) is 0.677. The maximum absolute atomic E-state index is 7.36. The average Bonchev–Trinajstić information content (AvgIpc) is 3.23. The number of rotatable bonds is 3. The van der Waals surface area contributed by atoms with Gasteiger partial charge in [0.05, 0.1) is 5.69 Å². The lowest BCUT2D eigenvalue weighted by molar-refractivity contribution is 0.174. The summed E-state index contributed by atoms with van der Waals surface area (Å²) >= 11 is 7.27. The van der Waals surface area contributed by atoms with Crippen LogP contribution in [0, 0.1) is 5.41 Å². The van der Waals surface area contributed by atoms with Crippen LogP contribution in [-0.2, 0) is 6.42 Å². The highest BCUT2D eigenvalue weighted by Crippen LogP contribution is 2.32. The number of hydrogen-bond donors (Lipinski definition) is 2. The number of nitrogens with one attached hydrogen (secondary N) is 1. The maximum Gasteiger partial charge on any atom is 0.231 e. The molecule has 0 atom stereocenters. The SMILES string of the molecule is CC(=N)Cc1ccc2c(c1)OCO2.Nc1nc(-c2cccc(Cl)c2)cs1. The number of thiazole rings is 1. The Labute approximate surface area is 160 Å². The zero-order valence-electron chi connectivity index (χ0n) is 14.2. The average molecular weight is 388 g/mol. The van der Waals surface area contributed by atoms with Crippen molar-refractivity contribution >= 4 is 33.8 Å². The summed E-state index contributed by atoms with van der Waals surface area (Å²) in [6, 6.07) is 13.3. The molecule has 0 saturated carbocycles. The van der Waals surface area contributed by atoms with Crippen LogP contribution in [0.3, 0.4) is 0 Å². The highest BCUT2D eigenvalue weighted by molar-refractivity contribution is 7.13. The Kier molecular flexibility index (Phi) is 5.75. The molecule has 1 aliphatic rings. The molecule has 0 bridgehead atoms. The highest BCUT2D eigenvalue weighted by atomic mass is 35.5. The number of nitrogens with two attached hydrogens (primary N) is 1. The van der Waals surface area contributed by atoms with Gasteiger partial charge in [0.25, 0.3) is 0 Å². The molecule has 1 aliphatic heterocycles. The number of benzene rings is 2. The molecule has 4 rings (SSSR count). The fraction of sp³-hybridized carbons (Fsp3) is 0.158. The van der Waals surface area contributed by atoms with E-state index >= 15 is 0 Å². The molecule has 3 N–H and O–H groups in total. The number of ether oxygens (including phenoxy) is 2. The van der Waals surface area contributed by atoms with Crippen molar-refractivity contribution in [1.29, 1.82) is 5.41 Å². The minimum Gasteiger partial charge on any atom is -0.454 e. The van der Waals surface area contributed by atoms with E-state index in [1.54, 1.807) is 6.92 Å². The Morgan fingerprint density at radius 3 is 2.73 bits per heavy atom. The molecule has 2 aromatic carbocycles. The molecule has 3 aromatic rings. The van der Waals surface area contributed by atoms with Crippen LogP contribution in [0.1, 0.15) is 12.5 Å². The van der Waals surface area contributed by atoms with E-state index in [0.29, 0.717) is 29.1 Å². The van der Waals surface area contributed by atoms with Gasteiger partial charge in [-0.05, 0) is 36.8 Å². The van der Waals surface area contributed by atoms with Crippen molar-refractivity contribution in [1.82, 2.24) is 4.98 Å². The first-order chi connectivity index (χ1) is 12.5. The van der Waals surface area contributed by atoms with Crippen molar-refractivity contribution in [3.8, 4) is 22.8 Å². The number of hydrogen-bond acceptors (Lipinski definition) is 6. The van der Waals surface area contributed by atoms with Gasteiger partial charge in [-0.2, -0.15) is 0 Å². The summed E-state index contributed by atoms with van der Waals surface area (Å²) in [7, 11) is 0. The van der Waals surface area contributed by atoms with E-state index in [9.17, 15) is 0 Å². The predicted molar refractivity (Wildman–Crippen MR) is 107 cm³/mol. The first kappa shape index (κ1) is 18.2. The smallest absolute Gasteiger partial charge is 0.231 e. The largest absolute Gasteiger partial charge is 0.454 e. The third kappa shape index (κ3) is 4.74. The monoisotopic (exact) mass is 387 g/mol. The van der Waals surface area contributed by atoms with Crippen LogP contribution in [0.25, 0.3) is 11.3 Å². The predicted octanol–water partition coefficient (Wildman–Crippen LogP) is 5.04. The second kappa shape index (κ2) is 8.21. The molecular weight excluding hydrogens is 370 g/mol. The van der Waals surface area contributed by atoms with Crippen LogP contribution < -0.4 is 15.2 Å². The normalized spacial score (nSPS) is 11.6. The number of anilines is 1. The van der Waals surface area contributed by atoms with Crippen LogP contribution in [-0.4, -0.2) is 17.5 Å². The Morgan fingerprint density at radius 1 is 1.23 bits per heavy atom. The number of nitrogens with zero attached hydrogens (tertiary/aromatic N) is 1. The molecule has 7 heteroatoms. The van der Waals surface area contributed by atoms with Gasteiger partial charge in [-0.3, -0.25) is 0 Å². The van der Waals surface area contributed by atoms with Gasteiger partial charge in [0.2, 0.25) is 6.79 Å². The summed E-state index contributed by atoms with van der Waals surface area (Å²) < 4.78 is 10.4. The topological polar surface area (TPSA) is 81.2 Å². The van der Waals surface area contributed by atoms with Crippen molar-refractivity contribution in [2.24, 2.45) is 0 Å². The summed E-state index contributed by atoms with van der Waals surface area (Å²) in [5.41, 5.74) is 9.15. The van der Waals surface area contributed by atoms with Crippen molar-refractivity contribution in [3.05, 3.63) is 58.4 Å². The third-order valence-electron chi connectivity index (χ3n) is 3.55. The summed E-state index contributed by atoms with van der Waals surface area (Å²) in [4.78, 5) is 4.16. The summed E-state index contributed by atoms with van der Waals surface area (Å²) in [5.74, 6) is 1.59. The lowest BCUT2D eigenvalue weighted by Gasteiger charge is -2.00. The molecule has 0 fully saturated rings. The Balaban J connectivity index is 0.000000151. The lowest BCUT2D eigenvalue weighted by atomic mass is 10.1. The molecular formula is C19H18ClN3O2S. The number of nitrogen functional groups attached to an aromatic ring is 1. The molecule has 26 heavy (non-hydrogen) atoms. The molecule has 5 nitrogen and oxygen atoms in total. The highest BCUT2D eigenvalue weighted by Gasteiger charge is 2.12. The van der Waals surface area contributed by atoms with Crippen molar-refractivity contribution in [2.45, 2.75) is 13.3 Å². The van der Waals surface area contributed by atoms with Gasteiger partial charge in [-0.1, -0.05) is 29.8 Å². The third-order valence-corrected chi connectivity index (χ3v) is 4.46. The molecule has 134 valence electrons. The van der Waals surface area contributed by atoms with E-state index in [0.717, 1.165) is 28.3 Å². The first-order valence-electron chi connectivity index (χ1n) is 7.91. The van der Waals surface area contributed by atoms with Crippen LogP contribution in [0.2, 0.25) is 5.02 Å². The molecule has 0 unspecified atom stereocenters. The van der Waals surface area contributed by atoms with Gasteiger partial charge < -0.3 is 20.6 Å². The minimum absolute atomic E-state index is 0.308. The van der Waals surface area contributed by atoms with Crippen molar-refractivity contribution < 1.29 is 9.47 Å². The fourth-order valence-electron chi connectivity index (χ4n) is 2.43. The van der Waals surface area contributed by atoms with E-state index < -0.39 is 0 Å². The van der Waals surface area contributed by atoms with Gasteiger partial charge in [0, 0.05) is 28.1 Å². The van der Waals surface area contributed by atoms with Gasteiger partial charge >= 0.3 is 0 Å². The molecule has 1 aromatic heterocycles. The van der Waals surface area contributed by atoms with Crippen molar-refractivity contribution in [2.75, 3.05) is 12.5 Å². The number of aromatic nitrogens is 1. The fourth-order valence-corrected chi connectivity index (χ4v) is 3.19. The molecule has 0 radical (unpaired) electrons. The van der Waals surface area contributed by atoms with Gasteiger partial charge in [-0.25, -0.2) is 4.98 Å². The maximum atomic E-state index is 7.36. The Hall–Kier alpha value is -2.57. The first-order valence-corrected chi connectivity index (χ1v) is 9.16. The zero-order valence-corrected chi connectivity index (χ0v) is 15.7. The Morgan fingerprint density at radius 2 is 2.04 bits per heavy atom. The molecule has 2 heterocycles. The number of halogens is 1. The number of fused-ring (bicyclic) bond motifs is 1. The van der Waals surface area contributed by atoms with E-state index in [-0.39, 0.29) is 0 Å². The standard InChI is InChI=1S/C10H11NO2.C9H7ClN2S/c1-7(11)4-8-2-3-9-10(5-8)13-6-12-9;10-7-3-1-2-6(4-7)8-5-13-9(11)12-8/h2-3,5,11H,4,6H2,1H3;1-5H,(H2,11,12). The van der Waals surface area contributed by atoms with Crippen LogP contribution in [0.4, 0.5) is 5.13 Å². The van der Waals surface area contributed by atoms with Gasteiger partial charge in [0.15, 0.2) is 16.6 Å². The van der Waals surface area contributed by atoms with Crippen LogP contribution in [0.5, 0.6) is 11.5 Å². The van der Waals surface area contributed by atoms with E-state index in [2.05, 4.69) is 4.98 Å². The second-order valence-electron chi connectivity index (χ2n) is 5.73. The van der Waals surface area contributed by atoms with E-state index in [1.807, 2.05) is 47.8 Å². The zero-order chi connectivity index (χ0) is 18.5. The summed E-state index contributed by atoms with van der Waals surface area (Å²) in [6.45, 7) is 2.10. The van der Waals surface area contributed by atoms with E-state index in [1.165, 1.54) is 11.3 Å². The lowest BCUT2D eigenvalue weighted by Crippen LogP contribution is -1.95. The molecule has 0 amide bonds. The van der Waals surface area contributed by atoms with Crippen LogP contribution >= 0.6 is 22.9 Å². The van der Waals surface area contributed by atoms with Gasteiger partial charge in [-0.15, -0.1) is 11.3 Å². The van der Waals surface area contributed by atoms with Crippen LogP contribution in [0.15, 0.2) is 47.8 Å². The quantitative estimate of drug-likeness (QED) is 0.616. The summed E-state index contributed by atoms with van der Waals surface area (Å²) in [5, 5.41) is 10.6. The van der Waals surface area contributed by atoms with E-state index in [4.69, 9.17) is 32.2 Å². The minimum atomic E-state index is 0.308. The molecule has 0 saturated heterocycles. The van der Waals surface area contributed by atoms with Crippen molar-refractivity contribution in [3.63, 3.8) is 0 Å².